The molecule has 0 saturated heterocycles. The van der Waals surface area contributed by atoms with E-state index in [0.29, 0.717) is 25.2 Å². The van der Waals surface area contributed by atoms with Gasteiger partial charge in [0.15, 0.2) is 0 Å². The number of hydrogen-bond acceptors (Lipinski definition) is 4. The van der Waals surface area contributed by atoms with Gasteiger partial charge >= 0.3 is 0 Å². The van der Waals surface area contributed by atoms with Crippen molar-refractivity contribution in [3.05, 3.63) is 43.0 Å². The lowest BCUT2D eigenvalue weighted by Crippen LogP contribution is -2.59. The minimum absolute atomic E-state index is 0.155. The Bertz CT molecular complexity index is 728. The molecule has 0 radical (unpaired) electrons. The van der Waals surface area contributed by atoms with E-state index in [-0.39, 0.29) is 17.5 Å². The maximum absolute atomic E-state index is 12.7. The molecule has 2 aromatic heterocycles. The summed E-state index contributed by atoms with van der Waals surface area (Å²) in [6.45, 7) is 4.00. The van der Waals surface area contributed by atoms with Crippen molar-refractivity contribution < 1.29 is 9.59 Å². The molecule has 1 fully saturated rings. The monoisotopic (exact) mass is 327 g/mol. The Morgan fingerprint density at radius 1 is 1.33 bits per heavy atom. The first-order chi connectivity index (χ1) is 11.6. The summed E-state index contributed by atoms with van der Waals surface area (Å²) < 4.78 is 1.68. The van der Waals surface area contributed by atoms with Gasteiger partial charge in [0.1, 0.15) is 11.2 Å². The summed E-state index contributed by atoms with van der Waals surface area (Å²) in [4.78, 5) is 33.6. The maximum Gasteiger partial charge on any atom is 0.272 e. The molecule has 0 unspecified atom stereocenters. The SMILES string of the molecule is C=CCNC(=O)C1(NC(=O)c2cn3cccnc3n2)CCCCC1. The van der Waals surface area contributed by atoms with Crippen LogP contribution in [0.2, 0.25) is 0 Å². The minimum Gasteiger partial charge on any atom is -0.351 e. The van der Waals surface area contributed by atoms with E-state index in [4.69, 9.17) is 0 Å². The van der Waals surface area contributed by atoms with Crippen LogP contribution in [0.3, 0.4) is 0 Å². The van der Waals surface area contributed by atoms with Crippen molar-refractivity contribution in [1.82, 2.24) is 25.0 Å². The van der Waals surface area contributed by atoms with Gasteiger partial charge in [-0.2, -0.15) is 0 Å². The van der Waals surface area contributed by atoms with Crippen LogP contribution in [0.1, 0.15) is 42.6 Å². The molecule has 2 amide bonds. The van der Waals surface area contributed by atoms with Crippen LogP contribution in [0.25, 0.3) is 5.78 Å². The van der Waals surface area contributed by atoms with Crippen molar-refractivity contribution in [3.8, 4) is 0 Å². The number of fused-ring (bicyclic) bond motifs is 1. The Kier molecular flexibility index (Phi) is 4.59. The van der Waals surface area contributed by atoms with Crippen LogP contribution in [0, 0.1) is 0 Å². The first kappa shape index (κ1) is 16.2. The van der Waals surface area contributed by atoms with Crippen LogP contribution in [-0.4, -0.2) is 38.3 Å². The lowest BCUT2D eigenvalue weighted by molar-refractivity contribution is -0.128. The van der Waals surface area contributed by atoms with Crippen LogP contribution in [-0.2, 0) is 4.79 Å². The zero-order chi connectivity index (χ0) is 17.0. The Labute approximate surface area is 140 Å². The summed E-state index contributed by atoms with van der Waals surface area (Å²) in [6, 6.07) is 1.77. The molecule has 2 heterocycles. The number of amides is 2. The van der Waals surface area contributed by atoms with E-state index in [1.165, 1.54) is 0 Å². The fourth-order valence-corrected chi connectivity index (χ4v) is 3.12. The number of carbonyl (C=O) groups excluding carboxylic acids is 2. The van der Waals surface area contributed by atoms with Gasteiger partial charge < -0.3 is 10.6 Å². The molecule has 0 atom stereocenters. The van der Waals surface area contributed by atoms with Gasteiger partial charge in [0.2, 0.25) is 11.7 Å². The highest BCUT2D eigenvalue weighted by atomic mass is 16.2. The van der Waals surface area contributed by atoms with E-state index >= 15 is 0 Å². The second-order valence-electron chi connectivity index (χ2n) is 6.05. The molecule has 3 rings (SSSR count). The average molecular weight is 327 g/mol. The number of carbonyl (C=O) groups is 2. The standard InChI is InChI=1S/C17H21N5O2/c1-2-9-18-15(24)17(7-4-3-5-8-17)21-14(23)13-12-22-11-6-10-19-16(22)20-13/h2,6,10-12H,1,3-5,7-9H2,(H,18,24)(H,21,23). The summed E-state index contributed by atoms with van der Waals surface area (Å²) in [5, 5.41) is 5.75. The lowest BCUT2D eigenvalue weighted by Gasteiger charge is -2.36. The molecular formula is C17H21N5O2. The number of hydrogen-bond donors (Lipinski definition) is 2. The van der Waals surface area contributed by atoms with Gasteiger partial charge in [-0.25, -0.2) is 9.97 Å². The van der Waals surface area contributed by atoms with Crippen molar-refractivity contribution in [1.29, 1.82) is 0 Å². The molecule has 2 N–H and O–H groups in total. The van der Waals surface area contributed by atoms with Gasteiger partial charge in [-0.15, -0.1) is 6.58 Å². The summed E-state index contributed by atoms with van der Waals surface area (Å²) in [6.07, 6.45) is 10.8. The van der Waals surface area contributed by atoms with Crippen molar-refractivity contribution >= 4 is 17.6 Å². The second-order valence-corrected chi connectivity index (χ2v) is 6.05. The summed E-state index contributed by atoms with van der Waals surface area (Å²) >= 11 is 0. The van der Waals surface area contributed by atoms with E-state index in [1.54, 1.807) is 35.1 Å². The third-order valence-corrected chi connectivity index (χ3v) is 4.37. The van der Waals surface area contributed by atoms with Crippen LogP contribution >= 0.6 is 0 Å². The highest BCUT2D eigenvalue weighted by Gasteiger charge is 2.41. The topological polar surface area (TPSA) is 88.4 Å². The molecule has 1 saturated carbocycles. The van der Waals surface area contributed by atoms with E-state index in [0.717, 1.165) is 19.3 Å². The van der Waals surface area contributed by atoms with E-state index in [2.05, 4.69) is 27.2 Å². The molecular weight excluding hydrogens is 306 g/mol. The minimum atomic E-state index is -0.873. The molecule has 7 heteroatoms. The van der Waals surface area contributed by atoms with Crippen molar-refractivity contribution in [2.45, 2.75) is 37.6 Å². The molecule has 24 heavy (non-hydrogen) atoms. The van der Waals surface area contributed by atoms with Crippen molar-refractivity contribution in [2.75, 3.05) is 6.54 Å². The average Bonchev–Trinajstić information content (AvgIpc) is 3.04. The highest BCUT2D eigenvalue weighted by molar-refractivity contribution is 5.98. The summed E-state index contributed by atoms with van der Waals surface area (Å²) in [5.41, 5.74) is -0.614. The Hall–Kier alpha value is -2.70. The first-order valence-corrected chi connectivity index (χ1v) is 8.16. The van der Waals surface area contributed by atoms with Gasteiger partial charge in [0.25, 0.3) is 5.91 Å². The number of imidazole rings is 1. The number of nitrogens with one attached hydrogen (secondary N) is 2. The zero-order valence-corrected chi connectivity index (χ0v) is 13.5. The van der Waals surface area contributed by atoms with Crippen LogP contribution < -0.4 is 10.6 Å². The highest BCUT2D eigenvalue weighted by Crippen LogP contribution is 2.29. The molecule has 126 valence electrons. The van der Waals surface area contributed by atoms with Crippen LogP contribution in [0.5, 0.6) is 0 Å². The molecule has 0 spiro atoms. The Balaban J connectivity index is 1.82. The van der Waals surface area contributed by atoms with Gasteiger partial charge in [-0.05, 0) is 18.9 Å². The fraction of sp³-hybridized carbons (Fsp3) is 0.412. The third-order valence-electron chi connectivity index (χ3n) is 4.37. The third kappa shape index (κ3) is 3.15. The predicted molar refractivity (Wildman–Crippen MR) is 89.5 cm³/mol. The van der Waals surface area contributed by atoms with Gasteiger partial charge in [0.05, 0.1) is 0 Å². The summed E-state index contributed by atoms with van der Waals surface area (Å²) in [7, 11) is 0. The number of nitrogens with zero attached hydrogens (tertiary/aromatic N) is 3. The number of aromatic nitrogens is 3. The quantitative estimate of drug-likeness (QED) is 0.814. The van der Waals surface area contributed by atoms with Crippen LogP contribution in [0.15, 0.2) is 37.3 Å². The summed E-state index contributed by atoms with van der Waals surface area (Å²) in [5.74, 6) is -0.0510. The molecule has 1 aliphatic carbocycles. The Morgan fingerprint density at radius 2 is 2.12 bits per heavy atom. The van der Waals surface area contributed by atoms with Crippen LogP contribution in [0.4, 0.5) is 0 Å². The molecule has 2 aromatic rings. The zero-order valence-electron chi connectivity index (χ0n) is 13.5. The lowest BCUT2D eigenvalue weighted by atomic mass is 9.80. The molecule has 0 aromatic carbocycles. The Morgan fingerprint density at radius 3 is 2.83 bits per heavy atom. The van der Waals surface area contributed by atoms with E-state index < -0.39 is 5.54 Å². The molecule has 0 aliphatic heterocycles. The smallest absolute Gasteiger partial charge is 0.272 e. The molecule has 0 bridgehead atoms. The predicted octanol–water partition coefficient (Wildman–Crippen LogP) is 1.46. The first-order valence-electron chi connectivity index (χ1n) is 8.16. The van der Waals surface area contributed by atoms with E-state index in [1.807, 2.05) is 0 Å². The van der Waals surface area contributed by atoms with Gasteiger partial charge in [-0.3, -0.25) is 14.0 Å². The van der Waals surface area contributed by atoms with Crippen molar-refractivity contribution in [2.24, 2.45) is 0 Å². The van der Waals surface area contributed by atoms with E-state index in [9.17, 15) is 9.59 Å². The van der Waals surface area contributed by atoms with Gasteiger partial charge in [-0.1, -0.05) is 25.3 Å². The largest absolute Gasteiger partial charge is 0.351 e. The normalized spacial score (nSPS) is 16.5. The van der Waals surface area contributed by atoms with Gasteiger partial charge in [0, 0.05) is 25.1 Å². The number of rotatable bonds is 5. The molecule has 1 aliphatic rings. The van der Waals surface area contributed by atoms with Crippen molar-refractivity contribution in [3.63, 3.8) is 0 Å². The second kappa shape index (κ2) is 6.82. The maximum atomic E-state index is 12.7. The molecule has 7 nitrogen and oxygen atoms in total. The fourth-order valence-electron chi connectivity index (χ4n) is 3.12.